The second-order valence-corrected chi connectivity index (χ2v) is 6.98. The fraction of sp³-hybridized carbons (Fsp3) is 0.556. The van der Waals surface area contributed by atoms with E-state index < -0.39 is 0 Å². The first-order valence-electron chi connectivity index (χ1n) is 8.73. The topological polar surface area (TPSA) is 55.2 Å². The molecule has 2 aromatic heterocycles. The minimum absolute atomic E-state index is 0.0462. The quantitative estimate of drug-likeness (QED) is 0.931. The summed E-state index contributed by atoms with van der Waals surface area (Å²) in [6.07, 6.45) is 8.96. The maximum absolute atomic E-state index is 6.24. The van der Waals surface area contributed by atoms with E-state index in [2.05, 4.69) is 31.8 Å². The van der Waals surface area contributed by atoms with Crippen LogP contribution in [0, 0.1) is 0 Å². The number of nitrogens with one attached hydrogen (secondary N) is 1. The van der Waals surface area contributed by atoms with Crippen molar-refractivity contribution < 1.29 is 4.74 Å². The molecule has 2 fully saturated rings. The van der Waals surface area contributed by atoms with Crippen molar-refractivity contribution in [2.75, 3.05) is 25.0 Å². The van der Waals surface area contributed by atoms with Gasteiger partial charge in [0.1, 0.15) is 11.6 Å². The van der Waals surface area contributed by atoms with Crippen LogP contribution in [0.5, 0.6) is 0 Å². The van der Waals surface area contributed by atoms with E-state index in [0.717, 1.165) is 57.1 Å². The molecule has 0 unspecified atom stereocenters. The standard InChI is InChI=1S/C18H25N5O/c1-22-11-8-20-17(22)13-23-9-5-18(6-10-23)12-15(14-24-18)21-16-4-2-3-7-19-16/h2-4,7-8,11,15H,5-6,9-10,12-14H2,1H3,(H,19,21)/t15-/m1/s1. The fourth-order valence-electron chi connectivity index (χ4n) is 3.81. The molecule has 0 saturated carbocycles. The van der Waals surface area contributed by atoms with E-state index in [4.69, 9.17) is 4.74 Å². The van der Waals surface area contributed by atoms with Crippen LogP contribution in [-0.2, 0) is 18.3 Å². The van der Waals surface area contributed by atoms with Crippen molar-refractivity contribution in [1.29, 1.82) is 0 Å². The number of aromatic nitrogens is 3. The molecule has 1 N–H and O–H groups in total. The van der Waals surface area contributed by atoms with Crippen LogP contribution in [0.25, 0.3) is 0 Å². The van der Waals surface area contributed by atoms with E-state index in [0.29, 0.717) is 6.04 Å². The molecular weight excluding hydrogens is 302 g/mol. The molecule has 2 aliphatic rings. The van der Waals surface area contributed by atoms with Crippen LogP contribution >= 0.6 is 0 Å². The van der Waals surface area contributed by atoms with E-state index in [1.807, 2.05) is 36.8 Å². The van der Waals surface area contributed by atoms with E-state index >= 15 is 0 Å². The Bertz CT molecular complexity index is 663. The van der Waals surface area contributed by atoms with Gasteiger partial charge in [0.25, 0.3) is 0 Å². The molecule has 2 saturated heterocycles. The van der Waals surface area contributed by atoms with E-state index in [-0.39, 0.29) is 5.60 Å². The van der Waals surface area contributed by atoms with Crippen molar-refractivity contribution in [3.8, 4) is 0 Å². The van der Waals surface area contributed by atoms with E-state index in [1.165, 1.54) is 0 Å². The van der Waals surface area contributed by atoms with Crippen LogP contribution in [0.15, 0.2) is 36.8 Å². The first kappa shape index (κ1) is 15.6. The lowest BCUT2D eigenvalue weighted by Crippen LogP contribution is -2.44. The number of anilines is 1. The molecule has 0 aromatic carbocycles. The van der Waals surface area contributed by atoms with Gasteiger partial charge in [-0.05, 0) is 31.4 Å². The van der Waals surface area contributed by atoms with Crippen LogP contribution in [0.1, 0.15) is 25.1 Å². The largest absolute Gasteiger partial charge is 0.373 e. The number of likely N-dealkylation sites (tertiary alicyclic amines) is 1. The summed E-state index contributed by atoms with van der Waals surface area (Å²) in [6.45, 7) is 3.84. The van der Waals surface area contributed by atoms with Crippen molar-refractivity contribution in [2.24, 2.45) is 7.05 Å². The molecule has 4 rings (SSSR count). The Hall–Kier alpha value is -1.92. The molecule has 1 atom stereocenters. The van der Waals surface area contributed by atoms with Gasteiger partial charge in [-0.3, -0.25) is 4.90 Å². The number of nitrogens with zero attached hydrogens (tertiary/aromatic N) is 4. The third kappa shape index (κ3) is 3.30. The average molecular weight is 327 g/mol. The highest BCUT2D eigenvalue weighted by molar-refractivity contribution is 5.35. The monoisotopic (exact) mass is 327 g/mol. The lowest BCUT2D eigenvalue weighted by atomic mass is 9.87. The molecule has 6 nitrogen and oxygen atoms in total. The number of piperidine rings is 1. The van der Waals surface area contributed by atoms with Gasteiger partial charge >= 0.3 is 0 Å². The van der Waals surface area contributed by atoms with Crippen LogP contribution < -0.4 is 5.32 Å². The molecule has 6 heteroatoms. The fourth-order valence-corrected chi connectivity index (χ4v) is 3.81. The first-order chi connectivity index (χ1) is 11.7. The van der Waals surface area contributed by atoms with Gasteiger partial charge in [-0.2, -0.15) is 0 Å². The second kappa shape index (κ2) is 6.53. The summed E-state index contributed by atoms with van der Waals surface area (Å²) in [4.78, 5) is 11.3. The SMILES string of the molecule is Cn1ccnc1CN1CCC2(CC1)C[C@@H](Nc1ccccn1)CO2. The zero-order valence-electron chi connectivity index (χ0n) is 14.2. The highest BCUT2D eigenvalue weighted by atomic mass is 16.5. The first-order valence-corrected chi connectivity index (χ1v) is 8.73. The molecule has 4 heterocycles. The highest BCUT2D eigenvalue weighted by Gasteiger charge is 2.42. The Morgan fingerprint density at radius 2 is 2.12 bits per heavy atom. The molecule has 128 valence electrons. The van der Waals surface area contributed by atoms with Gasteiger partial charge < -0.3 is 14.6 Å². The summed E-state index contributed by atoms with van der Waals surface area (Å²) >= 11 is 0. The predicted octanol–water partition coefficient (Wildman–Crippen LogP) is 2.05. The number of aryl methyl sites for hydroxylation is 1. The lowest BCUT2D eigenvalue weighted by molar-refractivity contribution is -0.0452. The van der Waals surface area contributed by atoms with Crippen LogP contribution in [0.3, 0.4) is 0 Å². The number of hydrogen-bond donors (Lipinski definition) is 1. The number of hydrogen-bond acceptors (Lipinski definition) is 5. The summed E-state index contributed by atoms with van der Waals surface area (Å²) in [5.74, 6) is 2.07. The molecular formula is C18H25N5O. The molecule has 0 bridgehead atoms. The van der Waals surface area contributed by atoms with Gasteiger partial charge in [-0.15, -0.1) is 0 Å². The van der Waals surface area contributed by atoms with Crippen LogP contribution in [0.4, 0.5) is 5.82 Å². The molecule has 2 aliphatic heterocycles. The maximum Gasteiger partial charge on any atom is 0.126 e. The molecule has 0 amide bonds. The third-order valence-electron chi connectivity index (χ3n) is 5.28. The Labute approximate surface area is 142 Å². The van der Waals surface area contributed by atoms with Crippen molar-refractivity contribution in [2.45, 2.75) is 37.5 Å². The smallest absolute Gasteiger partial charge is 0.126 e. The number of imidazole rings is 1. The third-order valence-corrected chi connectivity index (χ3v) is 5.28. The van der Waals surface area contributed by atoms with Crippen molar-refractivity contribution in [1.82, 2.24) is 19.4 Å². The van der Waals surface area contributed by atoms with Crippen molar-refractivity contribution in [3.05, 3.63) is 42.6 Å². The Kier molecular flexibility index (Phi) is 4.24. The Balaban J connectivity index is 1.30. The van der Waals surface area contributed by atoms with Gasteiger partial charge in [-0.1, -0.05) is 6.07 Å². The molecule has 0 aliphatic carbocycles. The number of pyridine rings is 1. The summed E-state index contributed by atoms with van der Waals surface area (Å²) in [6, 6.07) is 6.33. The summed E-state index contributed by atoms with van der Waals surface area (Å²) in [7, 11) is 2.06. The van der Waals surface area contributed by atoms with Gasteiger partial charge in [0, 0.05) is 38.7 Å². The average Bonchev–Trinajstić information content (AvgIpc) is 3.18. The Morgan fingerprint density at radius 3 is 2.83 bits per heavy atom. The highest BCUT2D eigenvalue weighted by Crippen LogP contribution is 2.37. The maximum atomic E-state index is 6.24. The van der Waals surface area contributed by atoms with Crippen molar-refractivity contribution in [3.63, 3.8) is 0 Å². The molecule has 0 radical (unpaired) electrons. The van der Waals surface area contributed by atoms with Gasteiger partial charge in [0.15, 0.2) is 0 Å². The minimum atomic E-state index is 0.0462. The zero-order valence-corrected chi connectivity index (χ0v) is 14.2. The molecule has 24 heavy (non-hydrogen) atoms. The molecule has 1 spiro atoms. The van der Waals surface area contributed by atoms with Crippen LogP contribution in [0.2, 0.25) is 0 Å². The van der Waals surface area contributed by atoms with E-state index in [1.54, 1.807) is 0 Å². The zero-order chi connectivity index (χ0) is 16.4. The summed E-state index contributed by atoms with van der Waals surface area (Å²) in [5.41, 5.74) is 0.0462. The Morgan fingerprint density at radius 1 is 1.25 bits per heavy atom. The number of ether oxygens (including phenoxy) is 1. The molecule has 2 aromatic rings. The van der Waals surface area contributed by atoms with Crippen LogP contribution in [-0.4, -0.2) is 50.8 Å². The summed E-state index contributed by atoms with van der Waals surface area (Å²) in [5, 5.41) is 3.50. The van der Waals surface area contributed by atoms with Crippen molar-refractivity contribution >= 4 is 5.82 Å². The van der Waals surface area contributed by atoms with E-state index in [9.17, 15) is 0 Å². The predicted molar refractivity (Wildman–Crippen MR) is 92.7 cm³/mol. The van der Waals surface area contributed by atoms with Gasteiger partial charge in [0.05, 0.1) is 24.8 Å². The van der Waals surface area contributed by atoms with Gasteiger partial charge in [-0.25, -0.2) is 9.97 Å². The second-order valence-electron chi connectivity index (χ2n) is 6.98. The minimum Gasteiger partial charge on any atom is -0.373 e. The summed E-state index contributed by atoms with van der Waals surface area (Å²) < 4.78 is 8.34. The normalized spacial score (nSPS) is 23.6. The lowest BCUT2D eigenvalue weighted by Gasteiger charge is -2.38. The number of rotatable bonds is 4. The van der Waals surface area contributed by atoms with Gasteiger partial charge in [0.2, 0.25) is 0 Å².